The lowest BCUT2D eigenvalue weighted by Crippen LogP contribution is -2.57. The zero-order valence-corrected chi connectivity index (χ0v) is 27.9. The third kappa shape index (κ3) is 7.03. The Bertz CT molecular complexity index is 1740. The van der Waals surface area contributed by atoms with Crippen molar-refractivity contribution in [2.45, 2.75) is 50.7 Å². The van der Waals surface area contributed by atoms with Gasteiger partial charge in [-0.1, -0.05) is 42.4 Å². The van der Waals surface area contributed by atoms with E-state index in [0.29, 0.717) is 43.4 Å². The van der Waals surface area contributed by atoms with E-state index in [1.54, 1.807) is 0 Å². The molecule has 13 heteroatoms. The van der Waals surface area contributed by atoms with E-state index >= 15 is 0 Å². The molecule has 1 amide bonds. The molecule has 6 rings (SSSR count). The molecule has 2 fully saturated rings. The number of halogens is 4. The summed E-state index contributed by atoms with van der Waals surface area (Å²) in [5, 5.41) is 2.67. The molecule has 1 aromatic heterocycles. The van der Waals surface area contributed by atoms with Gasteiger partial charge in [-0.15, -0.1) is 0 Å². The van der Waals surface area contributed by atoms with Crippen molar-refractivity contribution in [3.8, 4) is 6.01 Å². The average molecular weight is 682 g/mol. The third-order valence-electron chi connectivity index (χ3n) is 9.70. The van der Waals surface area contributed by atoms with Gasteiger partial charge in [-0.3, -0.25) is 4.79 Å². The Labute approximate surface area is 283 Å². The number of benzene rings is 2. The fourth-order valence-electron chi connectivity index (χ4n) is 7.02. The first kappa shape index (κ1) is 33.8. The van der Waals surface area contributed by atoms with Crippen molar-refractivity contribution in [3.63, 3.8) is 0 Å². The van der Waals surface area contributed by atoms with E-state index in [0.717, 1.165) is 27.7 Å². The number of likely N-dealkylation sites (N-methyl/N-ethyl adjacent to an activating group) is 1. The highest BCUT2D eigenvalue weighted by molar-refractivity contribution is 6.36. The van der Waals surface area contributed by atoms with Crippen LogP contribution in [0.5, 0.6) is 6.01 Å². The first-order valence-electron chi connectivity index (χ1n) is 16.2. The van der Waals surface area contributed by atoms with Gasteiger partial charge in [-0.2, -0.15) is 9.97 Å². The Kier molecular flexibility index (Phi) is 9.72. The lowest BCUT2D eigenvalue weighted by molar-refractivity contribution is -0.131. The first-order chi connectivity index (χ1) is 22.9. The van der Waals surface area contributed by atoms with Crippen LogP contribution in [-0.4, -0.2) is 96.6 Å². The summed E-state index contributed by atoms with van der Waals surface area (Å²) in [6.45, 7) is 15.5. The maximum atomic E-state index is 13.9. The van der Waals surface area contributed by atoms with Crippen LogP contribution in [0.4, 0.5) is 24.7 Å². The SMILES string of the molecule is [C-]#[N+]C[C@H]1CN(c2nc(OC[C@@H](C)N(C)CC3CC(F)(F)C3)nc3c2CCN(c2cccc4cccc(Cl)c24)C3)CCN1C(=O)C(=C)F. The molecule has 2 aliphatic heterocycles. The van der Waals surface area contributed by atoms with E-state index in [1.165, 1.54) is 4.90 Å². The van der Waals surface area contributed by atoms with Gasteiger partial charge in [0.2, 0.25) is 12.5 Å². The molecule has 9 nitrogen and oxygen atoms in total. The molecule has 3 aliphatic rings. The summed E-state index contributed by atoms with van der Waals surface area (Å²) in [5.74, 6) is -3.78. The van der Waals surface area contributed by atoms with Gasteiger partial charge >= 0.3 is 6.01 Å². The van der Waals surface area contributed by atoms with Crippen molar-refractivity contribution in [2.24, 2.45) is 5.92 Å². The van der Waals surface area contributed by atoms with E-state index in [9.17, 15) is 18.0 Å². The Morgan fingerprint density at radius 2 is 1.94 bits per heavy atom. The molecule has 0 radical (unpaired) electrons. The number of carbonyl (C=O) groups excluding carboxylic acids is 1. The van der Waals surface area contributed by atoms with Crippen molar-refractivity contribution in [3.05, 3.63) is 76.5 Å². The molecule has 48 heavy (non-hydrogen) atoms. The lowest BCUT2D eigenvalue weighted by Gasteiger charge is -2.41. The van der Waals surface area contributed by atoms with Crippen LogP contribution in [0.25, 0.3) is 15.6 Å². The molecule has 0 spiro atoms. The molecule has 3 heterocycles. The predicted octanol–water partition coefficient (Wildman–Crippen LogP) is 6.01. The summed E-state index contributed by atoms with van der Waals surface area (Å²) in [5.41, 5.74) is 2.75. The highest BCUT2D eigenvalue weighted by Crippen LogP contribution is 2.43. The van der Waals surface area contributed by atoms with E-state index in [1.807, 2.05) is 54.1 Å². The van der Waals surface area contributed by atoms with Gasteiger partial charge in [-0.05, 0) is 43.8 Å². The quantitative estimate of drug-likeness (QED) is 0.192. The van der Waals surface area contributed by atoms with Crippen molar-refractivity contribution in [1.82, 2.24) is 19.8 Å². The second kappa shape index (κ2) is 13.8. The van der Waals surface area contributed by atoms with Gasteiger partial charge in [-0.25, -0.2) is 19.7 Å². The molecule has 1 saturated heterocycles. The van der Waals surface area contributed by atoms with Crippen LogP contribution in [0, 0.1) is 12.5 Å². The predicted molar refractivity (Wildman–Crippen MR) is 180 cm³/mol. The molecule has 1 saturated carbocycles. The smallest absolute Gasteiger partial charge is 0.318 e. The summed E-state index contributed by atoms with van der Waals surface area (Å²) in [6, 6.07) is 11.5. The number of hydrogen-bond acceptors (Lipinski definition) is 7. The van der Waals surface area contributed by atoms with Crippen LogP contribution < -0.4 is 14.5 Å². The molecule has 0 N–H and O–H groups in total. The Balaban J connectivity index is 1.28. The molecule has 1 aliphatic carbocycles. The van der Waals surface area contributed by atoms with Crippen LogP contribution in [0.15, 0.2) is 48.8 Å². The summed E-state index contributed by atoms with van der Waals surface area (Å²) in [6.07, 6.45) is 0.450. The number of carbonyl (C=O) groups is 1. The zero-order valence-electron chi connectivity index (χ0n) is 27.1. The highest BCUT2D eigenvalue weighted by atomic mass is 35.5. The van der Waals surface area contributed by atoms with Crippen LogP contribution in [-0.2, 0) is 17.8 Å². The molecule has 0 unspecified atom stereocenters. The number of piperazine rings is 1. The lowest BCUT2D eigenvalue weighted by atomic mass is 9.81. The molecular formula is C35H39ClF3N7O2. The molecule has 254 valence electrons. The van der Waals surface area contributed by atoms with Crippen molar-refractivity contribution < 1.29 is 22.7 Å². The first-order valence-corrected chi connectivity index (χ1v) is 16.6. The van der Waals surface area contributed by atoms with Crippen LogP contribution in [0.1, 0.15) is 31.0 Å². The number of nitrogens with zero attached hydrogens (tertiary/aromatic N) is 7. The fourth-order valence-corrected chi connectivity index (χ4v) is 7.29. The van der Waals surface area contributed by atoms with Gasteiger partial charge < -0.3 is 29.2 Å². The minimum atomic E-state index is -2.56. The number of hydrogen-bond donors (Lipinski definition) is 0. The van der Waals surface area contributed by atoms with Gasteiger partial charge in [0.25, 0.3) is 5.91 Å². The fraction of sp³-hybridized carbons (Fsp3) is 0.486. The third-order valence-corrected chi connectivity index (χ3v) is 10.0. The average Bonchev–Trinajstić information content (AvgIpc) is 3.05. The number of amides is 1. The Morgan fingerprint density at radius 1 is 1.19 bits per heavy atom. The zero-order chi connectivity index (χ0) is 34.2. The molecule has 2 aromatic carbocycles. The van der Waals surface area contributed by atoms with Gasteiger partial charge in [0, 0.05) is 68.2 Å². The highest BCUT2D eigenvalue weighted by Gasteiger charge is 2.45. The van der Waals surface area contributed by atoms with E-state index in [-0.39, 0.29) is 57.1 Å². The summed E-state index contributed by atoms with van der Waals surface area (Å²) in [7, 11) is 1.90. The maximum absolute atomic E-state index is 13.9. The number of alkyl halides is 2. The van der Waals surface area contributed by atoms with Crippen LogP contribution in [0.2, 0.25) is 5.02 Å². The number of rotatable bonds is 10. The number of fused-ring (bicyclic) bond motifs is 2. The normalized spacial score (nSPS) is 19.9. The van der Waals surface area contributed by atoms with Crippen LogP contribution in [0.3, 0.4) is 0 Å². The van der Waals surface area contributed by atoms with Crippen molar-refractivity contribution >= 4 is 39.8 Å². The summed E-state index contributed by atoms with van der Waals surface area (Å²) < 4.78 is 46.9. The summed E-state index contributed by atoms with van der Waals surface area (Å²) >= 11 is 6.68. The van der Waals surface area contributed by atoms with E-state index < -0.39 is 23.7 Å². The molecular weight excluding hydrogens is 643 g/mol. The largest absolute Gasteiger partial charge is 0.462 e. The second-order valence-corrected chi connectivity index (χ2v) is 13.5. The topological polar surface area (TPSA) is 69.4 Å². The minimum Gasteiger partial charge on any atom is -0.462 e. The van der Waals surface area contributed by atoms with Gasteiger partial charge in [0.05, 0.1) is 17.3 Å². The number of anilines is 2. The Hall–Kier alpha value is -4.08. The van der Waals surface area contributed by atoms with E-state index in [4.69, 9.17) is 32.9 Å². The van der Waals surface area contributed by atoms with Crippen LogP contribution >= 0.6 is 11.6 Å². The monoisotopic (exact) mass is 681 g/mol. The number of ether oxygens (including phenoxy) is 1. The number of aromatic nitrogens is 2. The van der Waals surface area contributed by atoms with Gasteiger partial charge in [0.15, 0.2) is 5.83 Å². The van der Waals surface area contributed by atoms with Crippen molar-refractivity contribution in [2.75, 3.05) is 62.7 Å². The minimum absolute atomic E-state index is 0.0124. The maximum Gasteiger partial charge on any atom is 0.318 e. The Morgan fingerprint density at radius 3 is 2.65 bits per heavy atom. The molecule has 2 atom stereocenters. The van der Waals surface area contributed by atoms with Gasteiger partial charge in [0.1, 0.15) is 18.5 Å². The molecule has 3 aromatic rings. The molecule has 0 bridgehead atoms. The second-order valence-electron chi connectivity index (χ2n) is 13.1. The van der Waals surface area contributed by atoms with Crippen molar-refractivity contribution in [1.29, 1.82) is 0 Å². The summed E-state index contributed by atoms with van der Waals surface area (Å²) in [4.78, 5) is 33.5. The standard InChI is InChI=1S/C35H39ClF3N7O2/c1-22(43(4)18-24-15-35(38,39)16-24)21-48-34-41-29-20-44(30-10-6-8-25-7-5-9-28(36)31(25)30)12-11-27(29)32(42-34)45-13-14-46(33(47)23(2)37)26(19-45)17-40-3/h5-10,22,24,26H,2,11-21H2,1,4H3/t22-,26+/m1/s1. The van der Waals surface area contributed by atoms with E-state index in [2.05, 4.69) is 22.4 Å².